The van der Waals surface area contributed by atoms with Crippen LogP contribution in [0.1, 0.15) is 31.4 Å². The van der Waals surface area contributed by atoms with E-state index >= 15 is 0 Å². The van der Waals surface area contributed by atoms with Crippen LogP contribution in [0.15, 0.2) is 60.4 Å². The fraction of sp³-hybridized carbons (Fsp3) is 0.320. The van der Waals surface area contributed by atoms with Crippen molar-refractivity contribution in [1.82, 2.24) is 15.2 Å². The normalized spacial score (nSPS) is 11.4. The van der Waals surface area contributed by atoms with Crippen molar-refractivity contribution in [3.8, 4) is 0 Å². The number of hydrogen-bond donors (Lipinski definition) is 2. The molecule has 1 aromatic heterocycles. The summed E-state index contributed by atoms with van der Waals surface area (Å²) in [5, 5.41) is 5.84. The van der Waals surface area contributed by atoms with Crippen LogP contribution < -0.4 is 15.5 Å². The first kappa shape index (κ1) is 24.8. The molecular formula is C25H33N5O2. The van der Waals surface area contributed by atoms with E-state index in [-0.39, 0.29) is 5.91 Å². The number of amides is 2. The van der Waals surface area contributed by atoms with E-state index in [0.29, 0.717) is 25.3 Å². The van der Waals surface area contributed by atoms with Crippen molar-refractivity contribution < 1.29 is 9.59 Å². The SMILES string of the molecule is CC/C=C(/CN(C)C(=O)/C=C/c1cnc(NC=O)c(CNCC)c1)N(C)c1ccccc1. The molecule has 0 fully saturated rings. The van der Waals surface area contributed by atoms with E-state index in [1.807, 2.05) is 50.4 Å². The quantitative estimate of drug-likeness (QED) is 0.393. The van der Waals surface area contributed by atoms with Crippen molar-refractivity contribution in [2.45, 2.75) is 26.8 Å². The first-order chi connectivity index (χ1) is 15.5. The minimum Gasteiger partial charge on any atom is -0.347 e. The number of nitrogens with one attached hydrogen (secondary N) is 2. The standard InChI is InChI=1S/C25H33N5O2/c1-5-10-23(30(4)22-11-8-7-9-12-22)18-29(3)24(32)14-13-20-15-21(17-26-6-2)25(27-16-20)28-19-31/h7-16,19,26H,5-6,17-18H2,1-4H3,(H,27,28,31)/b14-13+,23-10-. The Bertz CT molecular complexity index is 941. The summed E-state index contributed by atoms with van der Waals surface area (Å²) in [6, 6.07) is 12.0. The van der Waals surface area contributed by atoms with Gasteiger partial charge in [0.05, 0.1) is 6.54 Å². The highest BCUT2D eigenvalue weighted by atomic mass is 16.2. The highest BCUT2D eigenvalue weighted by Crippen LogP contribution is 2.18. The second kappa shape index (κ2) is 13.1. The smallest absolute Gasteiger partial charge is 0.246 e. The minimum absolute atomic E-state index is 0.100. The molecule has 0 bridgehead atoms. The van der Waals surface area contributed by atoms with E-state index in [1.54, 1.807) is 30.3 Å². The third kappa shape index (κ3) is 7.35. The third-order valence-electron chi connectivity index (χ3n) is 4.96. The van der Waals surface area contributed by atoms with Gasteiger partial charge in [0, 0.05) is 49.9 Å². The molecule has 0 saturated heterocycles. The van der Waals surface area contributed by atoms with Gasteiger partial charge in [-0.1, -0.05) is 38.1 Å². The summed E-state index contributed by atoms with van der Waals surface area (Å²) in [6.45, 7) is 5.96. The molecule has 32 heavy (non-hydrogen) atoms. The number of carbonyl (C=O) groups is 2. The Balaban J connectivity index is 2.10. The number of nitrogens with zero attached hydrogens (tertiary/aromatic N) is 3. The highest BCUT2D eigenvalue weighted by molar-refractivity contribution is 5.91. The molecular weight excluding hydrogens is 402 g/mol. The van der Waals surface area contributed by atoms with Crippen molar-refractivity contribution in [3.63, 3.8) is 0 Å². The number of rotatable bonds is 12. The van der Waals surface area contributed by atoms with Crippen LogP contribution in [0.4, 0.5) is 11.5 Å². The van der Waals surface area contributed by atoms with Crippen molar-refractivity contribution in [3.05, 3.63) is 71.6 Å². The fourth-order valence-corrected chi connectivity index (χ4v) is 3.18. The monoisotopic (exact) mass is 435 g/mol. The maximum absolute atomic E-state index is 12.7. The lowest BCUT2D eigenvalue weighted by Crippen LogP contribution is -2.32. The lowest BCUT2D eigenvalue weighted by atomic mass is 10.1. The van der Waals surface area contributed by atoms with Crippen molar-refractivity contribution >= 4 is 29.9 Å². The summed E-state index contributed by atoms with van der Waals surface area (Å²) < 4.78 is 0. The molecule has 1 heterocycles. The van der Waals surface area contributed by atoms with Gasteiger partial charge >= 0.3 is 0 Å². The van der Waals surface area contributed by atoms with Gasteiger partial charge < -0.3 is 20.4 Å². The Morgan fingerprint density at radius 3 is 2.56 bits per heavy atom. The molecule has 170 valence electrons. The van der Waals surface area contributed by atoms with Gasteiger partial charge in [0.25, 0.3) is 0 Å². The van der Waals surface area contributed by atoms with Gasteiger partial charge in [-0.15, -0.1) is 0 Å². The van der Waals surface area contributed by atoms with Crippen LogP contribution in [-0.2, 0) is 16.1 Å². The number of carbonyl (C=O) groups excluding carboxylic acids is 2. The van der Waals surface area contributed by atoms with Gasteiger partial charge in [-0.05, 0) is 42.8 Å². The first-order valence-corrected chi connectivity index (χ1v) is 10.8. The van der Waals surface area contributed by atoms with E-state index < -0.39 is 0 Å². The lowest BCUT2D eigenvalue weighted by molar-refractivity contribution is -0.124. The number of pyridine rings is 1. The van der Waals surface area contributed by atoms with Crippen molar-refractivity contribution in [2.24, 2.45) is 0 Å². The van der Waals surface area contributed by atoms with Gasteiger partial charge in [-0.2, -0.15) is 0 Å². The molecule has 0 atom stereocenters. The van der Waals surface area contributed by atoms with Gasteiger partial charge in [0.15, 0.2) is 0 Å². The number of anilines is 2. The van der Waals surface area contributed by atoms with E-state index in [2.05, 4.69) is 33.5 Å². The molecule has 7 heteroatoms. The second-order valence-electron chi connectivity index (χ2n) is 7.34. The van der Waals surface area contributed by atoms with Gasteiger partial charge in [0.1, 0.15) is 5.82 Å². The van der Waals surface area contributed by atoms with Crippen LogP contribution in [0, 0.1) is 0 Å². The zero-order valence-electron chi connectivity index (χ0n) is 19.3. The van der Waals surface area contributed by atoms with Crippen LogP contribution in [-0.4, -0.2) is 49.4 Å². The molecule has 2 rings (SSSR count). The third-order valence-corrected chi connectivity index (χ3v) is 4.96. The predicted octanol–water partition coefficient (Wildman–Crippen LogP) is 3.66. The molecule has 1 aromatic carbocycles. The number of aromatic nitrogens is 1. The average molecular weight is 436 g/mol. The minimum atomic E-state index is -0.100. The number of allylic oxidation sites excluding steroid dienone is 1. The summed E-state index contributed by atoms with van der Waals surface area (Å²) in [5.41, 5.74) is 3.79. The summed E-state index contributed by atoms with van der Waals surface area (Å²) in [4.78, 5) is 31.6. The number of para-hydroxylation sites is 1. The van der Waals surface area contributed by atoms with Crippen LogP contribution in [0.25, 0.3) is 6.08 Å². The highest BCUT2D eigenvalue weighted by Gasteiger charge is 2.12. The molecule has 0 saturated carbocycles. The van der Waals surface area contributed by atoms with Crippen molar-refractivity contribution in [2.75, 3.05) is 37.4 Å². The summed E-state index contributed by atoms with van der Waals surface area (Å²) in [5.74, 6) is 0.414. The fourth-order valence-electron chi connectivity index (χ4n) is 3.18. The Morgan fingerprint density at radius 1 is 1.16 bits per heavy atom. The Labute approximate surface area is 190 Å². The molecule has 0 aliphatic rings. The summed E-state index contributed by atoms with van der Waals surface area (Å²) in [6.07, 6.45) is 8.56. The lowest BCUT2D eigenvalue weighted by Gasteiger charge is -2.26. The Kier molecular flexibility index (Phi) is 10.1. The van der Waals surface area contributed by atoms with Crippen LogP contribution >= 0.6 is 0 Å². The number of hydrogen-bond acceptors (Lipinski definition) is 5. The topological polar surface area (TPSA) is 77.6 Å². The number of likely N-dealkylation sites (N-methyl/N-ethyl adjacent to an activating group) is 2. The zero-order valence-corrected chi connectivity index (χ0v) is 19.3. The molecule has 0 aliphatic carbocycles. The molecule has 0 aliphatic heterocycles. The maximum atomic E-state index is 12.7. The molecule has 0 unspecified atom stereocenters. The zero-order chi connectivity index (χ0) is 23.3. The van der Waals surface area contributed by atoms with Gasteiger partial charge in [-0.3, -0.25) is 9.59 Å². The average Bonchev–Trinajstić information content (AvgIpc) is 2.82. The molecule has 7 nitrogen and oxygen atoms in total. The van der Waals surface area contributed by atoms with E-state index in [1.165, 1.54) is 0 Å². The summed E-state index contributed by atoms with van der Waals surface area (Å²) in [7, 11) is 3.80. The molecule has 2 aromatic rings. The van der Waals surface area contributed by atoms with Crippen molar-refractivity contribution in [1.29, 1.82) is 0 Å². The molecule has 2 amide bonds. The van der Waals surface area contributed by atoms with E-state index in [0.717, 1.165) is 35.5 Å². The Hall–Kier alpha value is -3.45. The van der Waals surface area contributed by atoms with E-state index in [4.69, 9.17) is 0 Å². The van der Waals surface area contributed by atoms with Gasteiger partial charge in [0.2, 0.25) is 12.3 Å². The molecule has 0 spiro atoms. The molecule has 2 N–H and O–H groups in total. The second-order valence-corrected chi connectivity index (χ2v) is 7.34. The number of benzene rings is 1. The molecule has 0 radical (unpaired) electrons. The van der Waals surface area contributed by atoms with Gasteiger partial charge in [-0.25, -0.2) is 4.98 Å². The van der Waals surface area contributed by atoms with Crippen LogP contribution in [0.3, 0.4) is 0 Å². The van der Waals surface area contributed by atoms with Crippen LogP contribution in [0.5, 0.6) is 0 Å². The first-order valence-electron chi connectivity index (χ1n) is 10.8. The maximum Gasteiger partial charge on any atom is 0.246 e. The summed E-state index contributed by atoms with van der Waals surface area (Å²) >= 11 is 0. The van der Waals surface area contributed by atoms with E-state index in [9.17, 15) is 9.59 Å². The largest absolute Gasteiger partial charge is 0.347 e. The Morgan fingerprint density at radius 2 is 1.91 bits per heavy atom. The van der Waals surface area contributed by atoms with Crippen LogP contribution in [0.2, 0.25) is 0 Å². The predicted molar refractivity (Wildman–Crippen MR) is 131 cm³/mol.